The first-order valence-electron chi connectivity index (χ1n) is 6.92. The van der Waals surface area contributed by atoms with Crippen molar-refractivity contribution in [1.82, 2.24) is 0 Å². The molecule has 1 aromatic rings. The number of halogens is 1. The van der Waals surface area contributed by atoms with Crippen LogP contribution >= 0.6 is 11.6 Å². The zero-order valence-electron chi connectivity index (χ0n) is 14.9. The third-order valence-electron chi connectivity index (χ3n) is 2.02. The third kappa shape index (κ3) is 21.9. The van der Waals surface area contributed by atoms with Crippen LogP contribution in [0.15, 0.2) is 54.0 Å². The average Bonchev–Trinajstić information content (AvgIpc) is 2.55. The van der Waals surface area contributed by atoms with E-state index in [9.17, 15) is 9.90 Å². The first kappa shape index (κ1) is 29.7. The molecular formula is C18H17ClO7Pb-3. The van der Waals surface area contributed by atoms with Crippen molar-refractivity contribution in [3.05, 3.63) is 71.0 Å². The van der Waals surface area contributed by atoms with Gasteiger partial charge in [0.05, 0.1) is 19.5 Å². The number of hydrogen-bond donors (Lipinski definition) is 0. The summed E-state index contributed by atoms with van der Waals surface area (Å²) >= 11 is 5.50. The molecule has 0 aliphatic heterocycles. The summed E-state index contributed by atoms with van der Waals surface area (Å²) in [7, 11) is 1.65. The van der Waals surface area contributed by atoms with Gasteiger partial charge in [-0.3, -0.25) is 0 Å². The van der Waals surface area contributed by atoms with Gasteiger partial charge in [0.15, 0.2) is 0 Å². The number of carboxylic acid groups (broad SMARTS) is 3. The van der Waals surface area contributed by atoms with Gasteiger partial charge in [0.2, 0.25) is 0 Å². The van der Waals surface area contributed by atoms with Gasteiger partial charge < -0.3 is 34.4 Å². The fourth-order valence-electron chi connectivity index (χ4n) is 1.13. The molecule has 7 nitrogen and oxygen atoms in total. The standard InChI is InChI=1S/C7H5ClO2.C7H7O.2C2H4O2.Pb/c8-6-4-2-1-3-5(6)7(9)10;1-8-7-5-3-2-4-6-7;2*1-2(3)4;/h1-4H,(H,9,10);3-6H,1H3;2*1H3,(H,3,4);/p-3. The van der Waals surface area contributed by atoms with Crippen LogP contribution in [0.1, 0.15) is 24.2 Å². The van der Waals surface area contributed by atoms with Gasteiger partial charge in [0.1, 0.15) is 5.76 Å². The summed E-state index contributed by atoms with van der Waals surface area (Å²) in [5.74, 6) is -2.53. The molecule has 0 fully saturated rings. The molecule has 145 valence electrons. The van der Waals surface area contributed by atoms with Gasteiger partial charge in [-0.1, -0.05) is 29.8 Å². The van der Waals surface area contributed by atoms with Gasteiger partial charge in [-0.2, -0.15) is 0 Å². The summed E-state index contributed by atoms with van der Waals surface area (Å²) < 4.78 is 4.89. The molecule has 1 aromatic carbocycles. The summed E-state index contributed by atoms with van der Waals surface area (Å²) in [4.78, 5) is 28.0. The van der Waals surface area contributed by atoms with E-state index in [1.807, 2.05) is 24.6 Å². The van der Waals surface area contributed by atoms with Gasteiger partial charge >= 0.3 is 0 Å². The maximum Gasteiger partial charge on any atom is 0.105 e. The second-order valence-corrected chi connectivity index (χ2v) is 4.60. The molecule has 27 heavy (non-hydrogen) atoms. The van der Waals surface area contributed by atoms with Crippen molar-refractivity contribution >= 4 is 56.8 Å². The van der Waals surface area contributed by atoms with Gasteiger partial charge in [-0.05, 0) is 38.1 Å². The molecule has 1 aliphatic carbocycles. The molecule has 2 rings (SSSR count). The van der Waals surface area contributed by atoms with Crippen LogP contribution in [-0.2, 0) is 14.3 Å². The molecule has 0 saturated heterocycles. The molecule has 9 heteroatoms. The van der Waals surface area contributed by atoms with E-state index in [0.717, 1.165) is 19.6 Å². The second-order valence-electron chi connectivity index (χ2n) is 4.19. The number of rotatable bonds is 2. The largest absolute Gasteiger partial charge is 0.550 e. The van der Waals surface area contributed by atoms with Crippen LogP contribution in [0.25, 0.3) is 0 Å². The van der Waals surface area contributed by atoms with E-state index in [2.05, 4.69) is 5.73 Å². The Morgan fingerprint density at radius 3 is 1.74 bits per heavy atom. The summed E-state index contributed by atoms with van der Waals surface area (Å²) in [6.07, 6.45) is 7.36. The van der Waals surface area contributed by atoms with E-state index in [1.54, 1.807) is 19.2 Å². The van der Waals surface area contributed by atoms with Crippen LogP contribution < -0.4 is 15.3 Å². The fourth-order valence-corrected chi connectivity index (χ4v) is 1.35. The Labute approximate surface area is 182 Å². The number of aromatic carboxylic acids is 1. The normalized spacial score (nSPS) is 10.0. The minimum absolute atomic E-state index is 0. The number of aliphatic carboxylic acids is 2. The number of ether oxygens (including phenoxy) is 1. The van der Waals surface area contributed by atoms with Gasteiger partial charge in [-0.15, -0.1) is 5.73 Å². The van der Waals surface area contributed by atoms with Crippen molar-refractivity contribution < 1.29 is 34.4 Å². The van der Waals surface area contributed by atoms with Crippen LogP contribution in [-0.4, -0.2) is 52.3 Å². The molecule has 0 N–H and O–H groups in total. The molecule has 5 radical (unpaired) electrons. The number of carbonyl (C=O) groups excluding carboxylic acids is 3. The van der Waals surface area contributed by atoms with Gasteiger partial charge in [-0.25, -0.2) is 0 Å². The first-order chi connectivity index (χ1) is 12.1. The first-order valence-corrected chi connectivity index (χ1v) is 7.30. The van der Waals surface area contributed by atoms with Crippen molar-refractivity contribution in [2.45, 2.75) is 13.8 Å². The van der Waals surface area contributed by atoms with Crippen molar-refractivity contribution in [2.75, 3.05) is 7.11 Å². The smallest absolute Gasteiger partial charge is 0.105 e. The molecule has 0 spiro atoms. The number of hydrogen-bond acceptors (Lipinski definition) is 7. The fraction of sp³-hybridized carbons (Fsp3) is 0.167. The molecule has 0 atom stereocenters. The number of carbonyl (C=O) groups is 3. The summed E-state index contributed by atoms with van der Waals surface area (Å²) in [5, 5.41) is 28.2. The molecule has 0 aromatic heterocycles. The Morgan fingerprint density at radius 1 is 1.00 bits per heavy atom. The van der Waals surface area contributed by atoms with E-state index in [-0.39, 0.29) is 37.9 Å². The van der Waals surface area contributed by atoms with E-state index in [0.29, 0.717) is 0 Å². The molecule has 0 heterocycles. The number of carboxylic acids is 3. The van der Waals surface area contributed by atoms with E-state index < -0.39 is 17.9 Å². The van der Waals surface area contributed by atoms with Gasteiger partial charge in [0, 0.05) is 49.8 Å². The van der Waals surface area contributed by atoms with Crippen molar-refractivity contribution in [1.29, 1.82) is 0 Å². The van der Waals surface area contributed by atoms with Crippen molar-refractivity contribution in [3.8, 4) is 0 Å². The molecular weight excluding hydrogens is 571 g/mol. The SMILES string of the molecule is CC(=O)[O-].CC(=O)[O-].COC1=CC=C=C[CH]1.O=C([O-])c1ccccc1Cl.[Pb]. The van der Waals surface area contributed by atoms with Crippen LogP contribution in [0, 0.1) is 6.42 Å². The van der Waals surface area contributed by atoms with E-state index >= 15 is 0 Å². The Morgan fingerprint density at radius 2 is 1.48 bits per heavy atom. The second kappa shape index (κ2) is 18.7. The number of benzene rings is 1. The molecule has 1 aliphatic rings. The van der Waals surface area contributed by atoms with Crippen molar-refractivity contribution in [3.63, 3.8) is 0 Å². The predicted molar refractivity (Wildman–Crippen MR) is 94.9 cm³/mol. The molecule has 0 amide bonds. The maximum atomic E-state index is 10.2. The predicted octanol–water partition coefficient (Wildman–Crippen LogP) is -0.719. The third-order valence-corrected chi connectivity index (χ3v) is 2.35. The van der Waals surface area contributed by atoms with Crippen LogP contribution in [0.5, 0.6) is 0 Å². The minimum atomic E-state index is -1.24. The Bertz CT molecular complexity index is 673. The summed E-state index contributed by atoms with van der Waals surface area (Å²) in [6, 6.07) is 6.16. The topological polar surface area (TPSA) is 130 Å². The minimum Gasteiger partial charge on any atom is -0.550 e. The average molecular weight is 588 g/mol. The summed E-state index contributed by atoms with van der Waals surface area (Å²) in [6.45, 7) is 1.94. The van der Waals surface area contributed by atoms with Crippen LogP contribution in [0.2, 0.25) is 5.02 Å². The zero-order valence-corrected chi connectivity index (χ0v) is 19.5. The zero-order chi connectivity index (χ0) is 20.5. The molecule has 0 bridgehead atoms. The Hall–Kier alpha value is -2.10. The quantitative estimate of drug-likeness (QED) is 0.330. The van der Waals surface area contributed by atoms with Crippen LogP contribution in [0.3, 0.4) is 0 Å². The van der Waals surface area contributed by atoms with E-state index in [1.165, 1.54) is 12.1 Å². The van der Waals surface area contributed by atoms with Gasteiger partial charge in [0.25, 0.3) is 0 Å². The number of methoxy groups -OCH3 is 1. The molecule has 0 unspecified atom stereocenters. The number of allylic oxidation sites excluding steroid dienone is 2. The maximum absolute atomic E-state index is 10.2. The summed E-state index contributed by atoms with van der Waals surface area (Å²) in [5.41, 5.74) is 2.92. The van der Waals surface area contributed by atoms with Crippen molar-refractivity contribution in [2.24, 2.45) is 0 Å². The van der Waals surface area contributed by atoms with Crippen LogP contribution in [0.4, 0.5) is 0 Å². The Kier molecular flexibility index (Phi) is 20.5. The van der Waals surface area contributed by atoms with E-state index in [4.69, 9.17) is 36.1 Å². The Balaban J connectivity index is -0.000000305. The molecule has 0 saturated carbocycles. The monoisotopic (exact) mass is 588 g/mol.